The molecule has 0 N–H and O–H groups in total. The highest BCUT2D eigenvalue weighted by atomic mass is 79.9. The molecule has 1 saturated carbocycles. The van der Waals surface area contributed by atoms with Gasteiger partial charge in [0.05, 0.1) is 5.38 Å². The van der Waals surface area contributed by atoms with Crippen LogP contribution in [0.25, 0.3) is 11.2 Å². The minimum absolute atomic E-state index is 0.0985. The Bertz CT molecular complexity index is 638. The van der Waals surface area contributed by atoms with E-state index < -0.39 is 0 Å². The van der Waals surface area contributed by atoms with Crippen LogP contribution in [0, 0.1) is 5.92 Å². The molecule has 3 nitrogen and oxygen atoms in total. The number of pyridine rings is 1. The maximum absolute atomic E-state index is 6.39. The SMILES string of the molecule is CC1CCCC(n2c(C(C)Cl)nc3cc(Br)cnc32)CC1. The van der Waals surface area contributed by atoms with Crippen molar-refractivity contribution < 1.29 is 0 Å². The van der Waals surface area contributed by atoms with Crippen LogP contribution >= 0.6 is 27.5 Å². The summed E-state index contributed by atoms with van der Waals surface area (Å²) < 4.78 is 3.26. The van der Waals surface area contributed by atoms with E-state index in [2.05, 4.69) is 32.4 Å². The average molecular weight is 371 g/mol. The van der Waals surface area contributed by atoms with E-state index in [1.807, 2.05) is 19.2 Å². The lowest BCUT2D eigenvalue weighted by molar-refractivity contribution is 0.428. The number of alkyl halides is 1. The van der Waals surface area contributed by atoms with Crippen LogP contribution < -0.4 is 0 Å². The number of hydrogen-bond acceptors (Lipinski definition) is 2. The summed E-state index contributed by atoms with van der Waals surface area (Å²) in [4.78, 5) is 9.34. The van der Waals surface area contributed by atoms with Crippen molar-refractivity contribution in [3.63, 3.8) is 0 Å². The van der Waals surface area contributed by atoms with Gasteiger partial charge in [0.2, 0.25) is 0 Å². The van der Waals surface area contributed by atoms with Crippen molar-refractivity contribution in [2.24, 2.45) is 5.92 Å². The maximum atomic E-state index is 6.39. The highest BCUT2D eigenvalue weighted by Crippen LogP contribution is 2.36. The number of fused-ring (bicyclic) bond motifs is 1. The van der Waals surface area contributed by atoms with Crippen LogP contribution in [-0.4, -0.2) is 14.5 Å². The Morgan fingerprint density at radius 3 is 2.90 bits per heavy atom. The van der Waals surface area contributed by atoms with E-state index in [4.69, 9.17) is 16.6 Å². The topological polar surface area (TPSA) is 30.7 Å². The molecule has 0 radical (unpaired) electrons. The summed E-state index contributed by atoms with van der Waals surface area (Å²) in [5, 5.41) is -0.0985. The number of halogens is 2. The van der Waals surface area contributed by atoms with Gasteiger partial charge in [-0.25, -0.2) is 9.97 Å². The van der Waals surface area contributed by atoms with Gasteiger partial charge in [-0.15, -0.1) is 11.6 Å². The van der Waals surface area contributed by atoms with Crippen LogP contribution in [0.4, 0.5) is 0 Å². The fourth-order valence-electron chi connectivity index (χ4n) is 3.34. The first-order valence-electron chi connectivity index (χ1n) is 7.73. The van der Waals surface area contributed by atoms with Crippen molar-refractivity contribution in [2.75, 3.05) is 0 Å². The molecule has 1 aliphatic carbocycles. The first-order chi connectivity index (χ1) is 10.1. The molecule has 0 aliphatic heterocycles. The van der Waals surface area contributed by atoms with E-state index in [0.717, 1.165) is 27.4 Å². The van der Waals surface area contributed by atoms with E-state index in [9.17, 15) is 0 Å². The van der Waals surface area contributed by atoms with Crippen LogP contribution in [0.5, 0.6) is 0 Å². The normalized spacial score (nSPS) is 25.0. The van der Waals surface area contributed by atoms with E-state index >= 15 is 0 Å². The van der Waals surface area contributed by atoms with Crippen molar-refractivity contribution in [3.8, 4) is 0 Å². The smallest absolute Gasteiger partial charge is 0.160 e. The van der Waals surface area contributed by atoms with E-state index in [1.165, 1.54) is 32.1 Å². The molecule has 0 aromatic carbocycles. The third-order valence-corrected chi connectivity index (χ3v) is 5.10. The lowest BCUT2D eigenvalue weighted by Gasteiger charge is -2.20. The van der Waals surface area contributed by atoms with Crippen molar-refractivity contribution >= 4 is 38.7 Å². The van der Waals surface area contributed by atoms with E-state index in [-0.39, 0.29) is 5.38 Å². The fraction of sp³-hybridized carbons (Fsp3) is 0.625. The van der Waals surface area contributed by atoms with Crippen molar-refractivity contribution in [1.82, 2.24) is 14.5 Å². The quantitative estimate of drug-likeness (QED) is 0.506. The molecule has 1 fully saturated rings. The van der Waals surface area contributed by atoms with Crippen molar-refractivity contribution in [3.05, 3.63) is 22.6 Å². The monoisotopic (exact) mass is 369 g/mol. The molecule has 3 atom stereocenters. The van der Waals surface area contributed by atoms with Gasteiger partial charge in [0.15, 0.2) is 5.65 Å². The summed E-state index contributed by atoms with van der Waals surface area (Å²) in [6.45, 7) is 4.35. The summed E-state index contributed by atoms with van der Waals surface area (Å²) in [6, 6.07) is 2.51. The Hall–Kier alpha value is -0.610. The second kappa shape index (κ2) is 6.25. The average Bonchev–Trinajstić information content (AvgIpc) is 2.68. The molecule has 114 valence electrons. The van der Waals surface area contributed by atoms with Crippen molar-refractivity contribution in [2.45, 2.75) is 57.4 Å². The van der Waals surface area contributed by atoms with Gasteiger partial charge in [0, 0.05) is 16.7 Å². The minimum Gasteiger partial charge on any atom is -0.308 e. The van der Waals surface area contributed by atoms with Gasteiger partial charge in [-0.3, -0.25) is 0 Å². The highest BCUT2D eigenvalue weighted by Gasteiger charge is 2.24. The number of nitrogens with zero attached hydrogens (tertiary/aromatic N) is 3. The standard InChI is InChI=1S/C16H21BrClN3/c1-10-4-3-5-13(7-6-10)21-15(11(2)18)20-14-8-12(17)9-19-16(14)21/h8-11,13H,3-7H2,1-2H3. The number of hydrogen-bond donors (Lipinski definition) is 0. The van der Waals surface area contributed by atoms with Gasteiger partial charge in [0.25, 0.3) is 0 Å². The molecule has 2 aromatic rings. The third kappa shape index (κ3) is 3.11. The molecular formula is C16H21BrClN3. The molecule has 0 amide bonds. The largest absolute Gasteiger partial charge is 0.308 e. The van der Waals surface area contributed by atoms with Crippen LogP contribution in [-0.2, 0) is 0 Å². The fourth-order valence-corrected chi connectivity index (χ4v) is 3.81. The first kappa shape index (κ1) is 15.3. The first-order valence-corrected chi connectivity index (χ1v) is 8.96. The molecule has 3 unspecified atom stereocenters. The van der Waals surface area contributed by atoms with Gasteiger partial charge in [-0.2, -0.15) is 0 Å². The predicted molar refractivity (Wildman–Crippen MR) is 90.8 cm³/mol. The second-order valence-corrected chi connectivity index (χ2v) is 7.79. The Morgan fingerprint density at radius 2 is 2.14 bits per heavy atom. The van der Waals surface area contributed by atoms with E-state index in [0.29, 0.717) is 6.04 Å². The van der Waals surface area contributed by atoms with Crippen LogP contribution in [0.1, 0.15) is 63.2 Å². The molecule has 3 rings (SSSR count). The second-order valence-electron chi connectivity index (χ2n) is 6.22. The van der Waals surface area contributed by atoms with Gasteiger partial charge in [-0.05, 0) is 54.1 Å². The number of imidazole rings is 1. The molecule has 5 heteroatoms. The molecule has 2 heterocycles. The summed E-state index contributed by atoms with van der Waals surface area (Å²) in [7, 11) is 0. The summed E-state index contributed by atoms with van der Waals surface area (Å²) in [5.41, 5.74) is 1.91. The molecule has 0 bridgehead atoms. The van der Waals surface area contributed by atoms with Gasteiger partial charge >= 0.3 is 0 Å². The molecule has 0 spiro atoms. The summed E-state index contributed by atoms with van der Waals surface area (Å²) in [5.74, 6) is 1.78. The Labute approximate surface area is 139 Å². The Balaban J connectivity index is 2.08. The van der Waals surface area contributed by atoms with Gasteiger partial charge < -0.3 is 4.57 Å². The van der Waals surface area contributed by atoms with Crippen LogP contribution in [0.3, 0.4) is 0 Å². The van der Waals surface area contributed by atoms with Crippen LogP contribution in [0.2, 0.25) is 0 Å². The zero-order chi connectivity index (χ0) is 15.0. The molecule has 21 heavy (non-hydrogen) atoms. The maximum Gasteiger partial charge on any atom is 0.160 e. The highest BCUT2D eigenvalue weighted by molar-refractivity contribution is 9.10. The minimum atomic E-state index is -0.0985. The number of aromatic nitrogens is 3. The van der Waals surface area contributed by atoms with Gasteiger partial charge in [-0.1, -0.05) is 19.8 Å². The van der Waals surface area contributed by atoms with Crippen LogP contribution in [0.15, 0.2) is 16.7 Å². The number of rotatable bonds is 2. The van der Waals surface area contributed by atoms with E-state index in [1.54, 1.807) is 0 Å². The van der Waals surface area contributed by atoms with Crippen molar-refractivity contribution in [1.29, 1.82) is 0 Å². The predicted octanol–water partition coefficient (Wildman–Crippen LogP) is 5.63. The lowest BCUT2D eigenvalue weighted by Crippen LogP contribution is -2.13. The molecule has 1 aliphatic rings. The lowest BCUT2D eigenvalue weighted by atomic mass is 10.0. The zero-order valence-corrected chi connectivity index (χ0v) is 14.9. The summed E-state index contributed by atoms with van der Waals surface area (Å²) in [6.07, 6.45) is 8.12. The Morgan fingerprint density at radius 1 is 1.33 bits per heavy atom. The molecule has 2 aromatic heterocycles. The molecular weight excluding hydrogens is 350 g/mol. The third-order valence-electron chi connectivity index (χ3n) is 4.47. The van der Waals surface area contributed by atoms with Gasteiger partial charge in [0.1, 0.15) is 11.3 Å². The Kier molecular flexibility index (Phi) is 4.55. The zero-order valence-electron chi connectivity index (χ0n) is 12.5. The molecule has 0 saturated heterocycles. The summed E-state index contributed by atoms with van der Waals surface area (Å²) >= 11 is 9.86.